The number of benzene rings is 1. The molecular weight excluding hydrogens is 283 g/mol. The Morgan fingerprint density at radius 3 is 1.94 bits per heavy atom. The van der Waals surface area contributed by atoms with Gasteiger partial charge in [-0.05, 0) is 12.1 Å². The molecule has 0 amide bonds. The van der Waals surface area contributed by atoms with Crippen LogP contribution in [0.25, 0.3) is 0 Å². The van der Waals surface area contributed by atoms with Crippen LogP contribution in [0.5, 0.6) is 5.75 Å². The Labute approximate surface area is 134 Å². The van der Waals surface area contributed by atoms with Crippen molar-refractivity contribution in [1.82, 2.24) is 0 Å². The van der Waals surface area contributed by atoms with E-state index in [9.17, 15) is 30.5 Å². The molecule has 0 saturated heterocycles. The third kappa shape index (κ3) is 5.60. The maximum absolute atomic E-state index is 12.8. The third-order valence-corrected chi connectivity index (χ3v) is 1.56. The molecule has 17 heavy (non-hydrogen) atoms. The van der Waals surface area contributed by atoms with Crippen molar-refractivity contribution in [2.75, 3.05) is 0 Å². The molecule has 1 nitrogen and oxygen atoms in total. The van der Waals surface area contributed by atoms with E-state index < -0.39 is 30.4 Å². The van der Waals surface area contributed by atoms with Gasteiger partial charge in [0.1, 0.15) is 0 Å². The summed E-state index contributed by atoms with van der Waals surface area (Å²) in [5, 5.41) is 0. The average molecular weight is 286 g/mol. The molecule has 10 heteroatoms. The van der Waals surface area contributed by atoms with Crippen molar-refractivity contribution < 1.29 is 86.6 Å². The van der Waals surface area contributed by atoms with Gasteiger partial charge in [0.2, 0.25) is 0 Å². The zero-order valence-corrected chi connectivity index (χ0v) is 11.5. The second-order valence-electron chi connectivity index (χ2n) is 2.81. The van der Waals surface area contributed by atoms with Gasteiger partial charge in [-0.1, -0.05) is 6.07 Å². The minimum absolute atomic E-state index is 0. The van der Waals surface area contributed by atoms with Crippen molar-refractivity contribution in [3.05, 3.63) is 24.0 Å². The topological polar surface area (TPSA) is 9.23 Å². The van der Waals surface area contributed by atoms with Gasteiger partial charge in [0.05, 0.1) is 0 Å². The summed E-state index contributed by atoms with van der Waals surface area (Å²) >= 11 is 0. The summed E-state index contributed by atoms with van der Waals surface area (Å²) in [4.78, 5) is 0. The Hall–Kier alpha value is 0.231. The molecule has 0 bridgehead atoms. The zero-order valence-electron chi connectivity index (χ0n) is 8.36. The van der Waals surface area contributed by atoms with Crippen molar-refractivity contribution >= 4 is 12.4 Å². The van der Waals surface area contributed by atoms with Crippen LogP contribution in [0.2, 0.25) is 0 Å². The average Bonchev–Trinajstić information content (AvgIpc) is 2.04. The van der Waals surface area contributed by atoms with Crippen LogP contribution in [0.1, 0.15) is 0 Å². The van der Waals surface area contributed by atoms with Gasteiger partial charge in [0, 0.05) is 0 Å². The van der Waals surface area contributed by atoms with Crippen molar-refractivity contribution in [1.29, 1.82) is 0 Å². The number of hydrogen-bond acceptors (Lipinski definition) is 1. The van der Waals surface area contributed by atoms with Gasteiger partial charge >= 0.3 is 64.7 Å². The van der Waals surface area contributed by atoms with Crippen LogP contribution in [0.3, 0.4) is 0 Å². The largest absolute Gasteiger partial charge is 1.00 e. The van der Waals surface area contributed by atoms with Crippen LogP contribution in [-0.2, 0) is 0 Å². The van der Waals surface area contributed by atoms with E-state index in [2.05, 4.69) is 4.74 Å². The quantitative estimate of drug-likeness (QED) is 0.540. The first-order valence-corrected chi connectivity index (χ1v) is 3.85. The smallest absolute Gasteiger partial charge is 0.445 e. The zero-order chi connectivity index (χ0) is 12.6. The van der Waals surface area contributed by atoms with Crippen LogP contribution in [0, 0.1) is 5.82 Å². The Bertz CT molecular complexity index is 389. The van der Waals surface area contributed by atoms with E-state index >= 15 is 0 Å². The molecule has 0 N–H and O–H groups in total. The second kappa shape index (κ2) is 5.91. The summed E-state index contributed by atoms with van der Waals surface area (Å²) < 4.78 is 87.1. The van der Waals surface area contributed by atoms with Gasteiger partial charge in [0.15, 0.2) is 11.6 Å². The van der Waals surface area contributed by atoms with Crippen LogP contribution >= 0.6 is 0 Å². The van der Waals surface area contributed by atoms with Gasteiger partial charge in [-0.15, -0.1) is 18.6 Å². The van der Waals surface area contributed by atoms with Gasteiger partial charge in [-0.3, -0.25) is 0 Å². The number of rotatable bonds is 2. The summed E-state index contributed by atoms with van der Waals surface area (Å²) in [6.45, 7) is -5.45. The Morgan fingerprint density at radius 1 is 1.06 bits per heavy atom. The molecular formula is C7H3BF7KO. The first-order valence-electron chi connectivity index (χ1n) is 3.85. The molecule has 0 aliphatic heterocycles. The van der Waals surface area contributed by atoms with Crippen molar-refractivity contribution in [3.63, 3.8) is 0 Å². The van der Waals surface area contributed by atoms with Crippen LogP contribution in [0.15, 0.2) is 18.2 Å². The standard InChI is InChI=1S/C7H3BF7O.K/c9-5-3-4(8(13,14)15)1-2-6(5)16-7(10,11)12;/h1-3H;/q-1;+1. The van der Waals surface area contributed by atoms with E-state index in [0.717, 1.165) is 0 Å². The monoisotopic (exact) mass is 286 g/mol. The Balaban J connectivity index is 0.00000256. The van der Waals surface area contributed by atoms with Gasteiger partial charge < -0.3 is 17.7 Å². The molecule has 0 heterocycles. The molecule has 1 aromatic rings. The summed E-state index contributed by atoms with van der Waals surface area (Å²) in [7, 11) is 0. The summed E-state index contributed by atoms with van der Waals surface area (Å²) in [6, 6.07) is 0.568. The predicted molar refractivity (Wildman–Crippen MR) is 41.8 cm³/mol. The molecule has 0 unspecified atom stereocenters. The molecule has 1 rings (SSSR count). The first-order chi connectivity index (χ1) is 7.09. The van der Waals surface area contributed by atoms with Crippen LogP contribution < -0.4 is 61.6 Å². The summed E-state index contributed by atoms with van der Waals surface area (Å²) in [5.41, 5.74) is -1.33. The molecule has 0 aromatic heterocycles. The molecule has 0 fully saturated rings. The molecule has 0 radical (unpaired) electrons. The van der Waals surface area contributed by atoms with Gasteiger partial charge in [-0.25, -0.2) is 4.39 Å². The van der Waals surface area contributed by atoms with Gasteiger partial charge in [0.25, 0.3) is 0 Å². The van der Waals surface area contributed by atoms with E-state index in [1.165, 1.54) is 0 Å². The third-order valence-electron chi connectivity index (χ3n) is 1.56. The molecule has 90 valence electrons. The number of halogens is 7. The molecule has 0 aliphatic carbocycles. The summed E-state index contributed by atoms with van der Waals surface area (Å²) in [5.74, 6) is -3.01. The second-order valence-corrected chi connectivity index (χ2v) is 2.81. The number of alkyl halides is 3. The van der Waals surface area contributed by atoms with E-state index in [-0.39, 0.29) is 63.5 Å². The number of hydrogen-bond donors (Lipinski definition) is 0. The molecule has 0 aliphatic rings. The van der Waals surface area contributed by atoms with Crippen LogP contribution in [0.4, 0.5) is 30.5 Å². The predicted octanol–water partition coefficient (Wildman–Crippen LogP) is -0.217. The number of ether oxygens (including phenoxy) is 1. The molecule has 0 spiro atoms. The fourth-order valence-corrected chi connectivity index (χ4v) is 0.928. The van der Waals surface area contributed by atoms with E-state index in [4.69, 9.17) is 0 Å². The minimum Gasteiger partial charge on any atom is -0.445 e. The van der Waals surface area contributed by atoms with Crippen molar-refractivity contribution in [3.8, 4) is 5.75 Å². The first kappa shape index (κ1) is 17.2. The van der Waals surface area contributed by atoms with Crippen LogP contribution in [-0.4, -0.2) is 13.3 Å². The molecule has 1 aromatic carbocycles. The van der Waals surface area contributed by atoms with Crippen molar-refractivity contribution in [2.45, 2.75) is 6.36 Å². The van der Waals surface area contributed by atoms with Gasteiger partial charge in [-0.2, -0.15) is 0 Å². The maximum Gasteiger partial charge on any atom is 1.00 e. The minimum atomic E-state index is -5.45. The normalized spacial score (nSPS) is 11.9. The summed E-state index contributed by atoms with van der Waals surface area (Å²) in [6.07, 6.45) is -5.15. The Kier molecular flexibility index (Phi) is 6.00. The Morgan fingerprint density at radius 2 is 1.59 bits per heavy atom. The maximum atomic E-state index is 12.8. The van der Waals surface area contributed by atoms with E-state index in [1.807, 2.05) is 0 Å². The van der Waals surface area contributed by atoms with E-state index in [1.54, 1.807) is 0 Å². The SMILES string of the molecule is Fc1cc([B-](F)(F)F)ccc1OC(F)(F)F.[K+]. The fraction of sp³-hybridized carbons (Fsp3) is 0.143. The molecule has 0 atom stereocenters. The molecule has 0 saturated carbocycles. The fourth-order valence-electron chi connectivity index (χ4n) is 0.928. The van der Waals surface area contributed by atoms with Crippen molar-refractivity contribution in [2.24, 2.45) is 0 Å². The van der Waals surface area contributed by atoms with E-state index in [0.29, 0.717) is 6.07 Å².